The Morgan fingerprint density at radius 2 is 1.50 bits per heavy atom. The van der Waals surface area contributed by atoms with Crippen molar-refractivity contribution >= 4 is 0 Å². The first kappa shape index (κ1) is 9.33. The van der Waals surface area contributed by atoms with Crippen LogP contribution in [0.1, 0.15) is 0 Å². The van der Waals surface area contributed by atoms with E-state index in [1.165, 1.54) is 0 Å². The van der Waals surface area contributed by atoms with Crippen molar-refractivity contribution < 1.29 is 0 Å². The number of hydrogen-bond donors (Lipinski definition) is 1. The number of hydrogen-bond acceptors (Lipinski definition) is 5. The Labute approximate surface area is 80.2 Å². The molecule has 1 aliphatic rings. The second kappa shape index (κ2) is 3.31. The third-order valence-electron chi connectivity index (χ3n) is 1.88. The minimum atomic E-state index is -0.954. The summed E-state index contributed by atoms with van der Waals surface area (Å²) in [7, 11) is 0. The van der Waals surface area contributed by atoms with Crippen LogP contribution >= 0.6 is 0 Å². The van der Waals surface area contributed by atoms with E-state index in [1.807, 2.05) is 0 Å². The summed E-state index contributed by atoms with van der Waals surface area (Å²) >= 11 is 0. The molecule has 1 atom stereocenters. The van der Waals surface area contributed by atoms with Gasteiger partial charge in [-0.2, -0.15) is 21.0 Å². The number of nitriles is 4. The lowest BCUT2D eigenvalue weighted by Crippen LogP contribution is -2.08. The molecule has 0 spiro atoms. The van der Waals surface area contributed by atoms with Crippen molar-refractivity contribution in [2.24, 2.45) is 11.7 Å². The molecule has 0 saturated carbocycles. The third kappa shape index (κ3) is 0.985. The zero-order chi connectivity index (χ0) is 10.7. The van der Waals surface area contributed by atoms with E-state index < -0.39 is 5.92 Å². The van der Waals surface area contributed by atoms with Crippen LogP contribution in [0.15, 0.2) is 22.4 Å². The van der Waals surface area contributed by atoms with Gasteiger partial charge in [0.25, 0.3) is 0 Å². The molecule has 0 saturated heterocycles. The number of nitrogens with two attached hydrogens (primary N) is 1. The van der Waals surface area contributed by atoms with Gasteiger partial charge in [-0.3, -0.25) is 0 Å². The molecule has 64 valence electrons. The highest BCUT2D eigenvalue weighted by Crippen LogP contribution is 2.33. The SMILES string of the molecule is N#CC1=C(N)C(C#N)C(C#N)=C1C#N. The van der Waals surface area contributed by atoms with Crippen LogP contribution in [-0.2, 0) is 0 Å². The first-order valence-electron chi connectivity index (χ1n) is 3.55. The number of allylic oxidation sites excluding steroid dienone is 3. The number of nitrogens with zero attached hydrogens (tertiary/aromatic N) is 4. The fourth-order valence-electron chi connectivity index (χ4n) is 1.21. The lowest BCUT2D eigenvalue weighted by Gasteiger charge is -1.99. The molecule has 5 nitrogen and oxygen atoms in total. The van der Waals surface area contributed by atoms with Gasteiger partial charge in [0, 0.05) is 0 Å². The molecule has 0 aromatic heterocycles. The van der Waals surface area contributed by atoms with Gasteiger partial charge < -0.3 is 5.73 Å². The normalized spacial score (nSPS) is 19.6. The molecule has 2 N–H and O–H groups in total. The Bertz CT molecular complexity index is 509. The molecule has 1 aliphatic carbocycles. The highest BCUT2D eigenvalue weighted by Gasteiger charge is 2.32. The van der Waals surface area contributed by atoms with Crippen LogP contribution in [0.5, 0.6) is 0 Å². The van der Waals surface area contributed by atoms with E-state index in [-0.39, 0.29) is 22.4 Å². The first-order chi connectivity index (χ1) is 6.71. The van der Waals surface area contributed by atoms with Crippen molar-refractivity contribution in [3.63, 3.8) is 0 Å². The van der Waals surface area contributed by atoms with E-state index in [0.29, 0.717) is 0 Å². The maximum atomic E-state index is 8.70. The maximum absolute atomic E-state index is 8.70. The van der Waals surface area contributed by atoms with Gasteiger partial charge in [0.15, 0.2) is 0 Å². The van der Waals surface area contributed by atoms with Crippen molar-refractivity contribution in [2.45, 2.75) is 0 Å². The molecule has 0 radical (unpaired) electrons. The van der Waals surface area contributed by atoms with Crippen LogP contribution in [0, 0.1) is 51.2 Å². The van der Waals surface area contributed by atoms with Gasteiger partial charge in [-0.05, 0) is 0 Å². The Morgan fingerprint density at radius 1 is 0.929 bits per heavy atom. The minimum Gasteiger partial charge on any atom is -0.400 e. The Kier molecular flexibility index (Phi) is 2.21. The van der Waals surface area contributed by atoms with E-state index in [2.05, 4.69) is 0 Å². The third-order valence-corrected chi connectivity index (χ3v) is 1.88. The van der Waals surface area contributed by atoms with Crippen molar-refractivity contribution in [2.75, 3.05) is 0 Å². The van der Waals surface area contributed by atoms with Gasteiger partial charge in [0.05, 0.1) is 34.6 Å². The molecule has 5 heteroatoms. The van der Waals surface area contributed by atoms with Gasteiger partial charge in [-0.1, -0.05) is 0 Å². The summed E-state index contributed by atoms with van der Waals surface area (Å²) in [5, 5.41) is 34.8. The van der Waals surface area contributed by atoms with Crippen LogP contribution < -0.4 is 5.73 Å². The molecule has 0 bridgehead atoms. The zero-order valence-electron chi connectivity index (χ0n) is 6.94. The molecule has 0 aromatic rings. The summed E-state index contributed by atoms with van der Waals surface area (Å²) < 4.78 is 0. The standard InChI is InChI=1S/C9H3N5/c10-1-5-6(2-11)8(4-13)9(14)7(5)3-12/h7H,14H2. The van der Waals surface area contributed by atoms with Crippen LogP contribution in [0.2, 0.25) is 0 Å². The second-order valence-corrected chi connectivity index (χ2v) is 2.52. The first-order valence-corrected chi connectivity index (χ1v) is 3.55. The molecular formula is C9H3N5. The average molecular weight is 181 g/mol. The molecule has 1 rings (SSSR count). The minimum absolute atomic E-state index is 0.0110. The van der Waals surface area contributed by atoms with Crippen molar-refractivity contribution in [3.8, 4) is 24.3 Å². The van der Waals surface area contributed by atoms with Crippen LogP contribution in [-0.4, -0.2) is 0 Å². The predicted octanol–water partition coefficient (Wildman–Crippen LogP) is 0.220. The Hall–Kier alpha value is -2.76. The summed E-state index contributed by atoms with van der Waals surface area (Å²) in [6.45, 7) is 0. The van der Waals surface area contributed by atoms with Crippen LogP contribution in [0.3, 0.4) is 0 Å². The van der Waals surface area contributed by atoms with Crippen molar-refractivity contribution in [3.05, 3.63) is 22.4 Å². The Balaban J connectivity index is 3.50. The van der Waals surface area contributed by atoms with Crippen molar-refractivity contribution in [1.29, 1.82) is 21.0 Å². The molecule has 0 fully saturated rings. The quantitative estimate of drug-likeness (QED) is 0.572. The molecular weight excluding hydrogens is 178 g/mol. The summed E-state index contributed by atoms with van der Waals surface area (Å²) in [5.74, 6) is -0.954. The van der Waals surface area contributed by atoms with Gasteiger partial charge in [0.2, 0.25) is 0 Å². The average Bonchev–Trinajstić information content (AvgIpc) is 2.48. The fourth-order valence-corrected chi connectivity index (χ4v) is 1.21. The van der Waals surface area contributed by atoms with Gasteiger partial charge >= 0.3 is 0 Å². The molecule has 0 amide bonds. The summed E-state index contributed by atoms with van der Waals surface area (Å²) in [4.78, 5) is 0. The van der Waals surface area contributed by atoms with Gasteiger partial charge in [0.1, 0.15) is 18.1 Å². The second-order valence-electron chi connectivity index (χ2n) is 2.52. The fraction of sp³-hybridized carbons (Fsp3) is 0.111. The van der Waals surface area contributed by atoms with Gasteiger partial charge in [-0.15, -0.1) is 0 Å². The summed E-state index contributed by atoms with van der Waals surface area (Å²) in [6.07, 6.45) is 0. The van der Waals surface area contributed by atoms with Crippen molar-refractivity contribution in [1.82, 2.24) is 0 Å². The van der Waals surface area contributed by atoms with E-state index >= 15 is 0 Å². The molecule has 1 unspecified atom stereocenters. The summed E-state index contributed by atoms with van der Waals surface area (Å²) in [6, 6.07) is 6.92. The maximum Gasteiger partial charge on any atom is 0.123 e. The van der Waals surface area contributed by atoms with E-state index in [0.717, 1.165) is 0 Å². The van der Waals surface area contributed by atoms with Crippen LogP contribution in [0.25, 0.3) is 0 Å². The molecule has 0 aliphatic heterocycles. The molecule has 0 aromatic carbocycles. The van der Waals surface area contributed by atoms with E-state index in [9.17, 15) is 0 Å². The Morgan fingerprint density at radius 3 is 1.86 bits per heavy atom. The van der Waals surface area contributed by atoms with Gasteiger partial charge in [-0.25, -0.2) is 0 Å². The smallest absolute Gasteiger partial charge is 0.123 e. The lowest BCUT2D eigenvalue weighted by molar-refractivity contribution is 0.940. The number of rotatable bonds is 0. The lowest BCUT2D eigenvalue weighted by atomic mass is 10.0. The monoisotopic (exact) mass is 181 g/mol. The predicted molar refractivity (Wildman–Crippen MR) is 44.2 cm³/mol. The van der Waals surface area contributed by atoms with Crippen LogP contribution in [0.4, 0.5) is 0 Å². The highest BCUT2D eigenvalue weighted by atomic mass is 14.6. The zero-order valence-corrected chi connectivity index (χ0v) is 6.94. The van der Waals surface area contributed by atoms with E-state index in [1.54, 1.807) is 24.3 Å². The highest BCUT2D eigenvalue weighted by molar-refractivity contribution is 5.66. The van der Waals surface area contributed by atoms with E-state index in [4.69, 9.17) is 26.8 Å². The molecule has 0 heterocycles. The topological polar surface area (TPSA) is 121 Å². The summed E-state index contributed by atoms with van der Waals surface area (Å²) in [5.41, 5.74) is 5.27. The largest absolute Gasteiger partial charge is 0.400 e. The molecule has 14 heavy (non-hydrogen) atoms.